The number of hydrogen-bond acceptors (Lipinski definition) is 7. The number of benzene rings is 1. The first kappa shape index (κ1) is 28.6. The Bertz CT molecular complexity index is 1510. The van der Waals surface area contributed by atoms with E-state index in [1.54, 1.807) is 22.7 Å². The molecule has 10 nitrogen and oxygen atoms in total. The summed E-state index contributed by atoms with van der Waals surface area (Å²) in [6.07, 6.45) is 5.05. The minimum Gasteiger partial charge on any atom is -0.378 e. The van der Waals surface area contributed by atoms with Crippen LogP contribution < -0.4 is 16.4 Å². The Morgan fingerprint density at radius 1 is 1.22 bits per heavy atom. The molecule has 5 rings (SSSR count). The van der Waals surface area contributed by atoms with Crippen LogP contribution in [0.2, 0.25) is 0 Å². The van der Waals surface area contributed by atoms with E-state index in [0.29, 0.717) is 67.9 Å². The lowest BCUT2D eigenvalue weighted by molar-refractivity contribution is -0.141. The minimum absolute atomic E-state index is 0.0291. The highest BCUT2D eigenvalue weighted by atomic mass is 19.4. The van der Waals surface area contributed by atoms with E-state index in [-0.39, 0.29) is 17.2 Å². The maximum absolute atomic E-state index is 14.0. The summed E-state index contributed by atoms with van der Waals surface area (Å²) in [5, 5.41) is 9.95. The van der Waals surface area contributed by atoms with E-state index in [9.17, 15) is 18.0 Å². The number of anilines is 2. The molecular formula is C28H33F3N8O2. The molecule has 41 heavy (non-hydrogen) atoms. The molecule has 0 unspecified atom stereocenters. The van der Waals surface area contributed by atoms with Gasteiger partial charge in [0.15, 0.2) is 17.2 Å². The van der Waals surface area contributed by atoms with Crippen molar-refractivity contribution >= 4 is 23.1 Å². The van der Waals surface area contributed by atoms with E-state index in [4.69, 9.17) is 10.5 Å². The Hall–Kier alpha value is -3.97. The Balaban J connectivity index is 1.38. The number of rotatable bonds is 12. The number of amides is 1. The Kier molecular flexibility index (Phi) is 8.54. The van der Waals surface area contributed by atoms with Gasteiger partial charge in [0, 0.05) is 49.5 Å². The van der Waals surface area contributed by atoms with Crippen molar-refractivity contribution in [3.63, 3.8) is 0 Å². The summed E-state index contributed by atoms with van der Waals surface area (Å²) < 4.78 is 50.2. The molecule has 1 fully saturated rings. The summed E-state index contributed by atoms with van der Waals surface area (Å²) >= 11 is 0. The SMILES string of the molecule is CCc1cc(Nc2nccn3c(-c4cn(CC5CCC5)nc4C(F)(F)F)cnc23)ccc1C(=O)NCCOCCN. The zero-order valence-corrected chi connectivity index (χ0v) is 22.7. The number of aromatic nitrogens is 5. The van der Waals surface area contributed by atoms with Gasteiger partial charge in [-0.3, -0.25) is 13.9 Å². The van der Waals surface area contributed by atoms with Crippen LogP contribution in [0.3, 0.4) is 0 Å². The molecule has 0 saturated heterocycles. The van der Waals surface area contributed by atoms with Crippen molar-refractivity contribution in [3.8, 4) is 11.3 Å². The molecule has 218 valence electrons. The zero-order chi connectivity index (χ0) is 29.0. The minimum atomic E-state index is -4.61. The fraction of sp³-hybridized carbons (Fsp3) is 0.429. The third-order valence-electron chi connectivity index (χ3n) is 7.19. The van der Waals surface area contributed by atoms with Crippen LogP contribution in [0.25, 0.3) is 16.9 Å². The van der Waals surface area contributed by atoms with Crippen LogP contribution in [0.4, 0.5) is 24.7 Å². The molecule has 3 heterocycles. The second kappa shape index (κ2) is 12.3. The van der Waals surface area contributed by atoms with Gasteiger partial charge in [0.2, 0.25) is 0 Å². The second-order valence-electron chi connectivity index (χ2n) is 10.0. The van der Waals surface area contributed by atoms with Crippen LogP contribution in [0.15, 0.2) is 43.0 Å². The second-order valence-corrected chi connectivity index (χ2v) is 10.0. The number of nitrogens with one attached hydrogen (secondary N) is 2. The first-order valence-corrected chi connectivity index (χ1v) is 13.7. The molecular weight excluding hydrogens is 537 g/mol. The maximum Gasteiger partial charge on any atom is 0.435 e. The predicted octanol–water partition coefficient (Wildman–Crippen LogP) is 4.42. The first-order chi connectivity index (χ1) is 19.8. The van der Waals surface area contributed by atoms with E-state index in [1.807, 2.05) is 13.0 Å². The molecule has 0 aliphatic heterocycles. The Morgan fingerprint density at radius 3 is 2.76 bits per heavy atom. The lowest BCUT2D eigenvalue weighted by atomic mass is 9.85. The zero-order valence-electron chi connectivity index (χ0n) is 22.7. The molecule has 4 aromatic rings. The van der Waals surface area contributed by atoms with Gasteiger partial charge in [-0.05, 0) is 48.9 Å². The standard InChI is InChI=1S/C28H33F3N8O2/c1-2-19-14-20(6-7-21(19)27(40)34-10-13-41-12-8-32)36-25-26-35-15-23(39(26)11-9-33-25)22-17-38(16-18-4-3-5-18)37-24(22)28(29,30)31/h6-7,9,11,14-15,17-18H,2-5,8,10,12-13,16,32H2,1H3,(H,33,36)(H,34,40). The molecule has 1 aromatic carbocycles. The van der Waals surface area contributed by atoms with Gasteiger partial charge in [-0.1, -0.05) is 13.3 Å². The summed E-state index contributed by atoms with van der Waals surface area (Å²) in [6.45, 7) is 4.00. The summed E-state index contributed by atoms with van der Waals surface area (Å²) in [6, 6.07) is 5.32. The number of aryl methyl sites for hydroxylation is 1. The fourth-order valence-corrected chi connectivity index (χ4v) is 4.90. The Labute approximate surface area is 235 Å². The topological polar surface area (TPSA) is 124 Å². The quantitative estimate of drug-likeness (QED) is 0.215. The van der Waals surface area contributed by atoms with E-state index < -0.39 is 11.9 Å². The highest BCUT2D eigenvalue weighted by Gasteiger charge is 2.38. The monoisotopic (exact) mass is 570 g/mol. The fourth-order valence-electron chi connectivity index (χ4n) is 4.90. The number of alkyl halides is 3. The van der Waals surface area contributed by atoms with Crippen molar-refractivity contribution in [3.05, 3.63) is 59.8 Å². The first-order valence-electron chi connectivity index (χ1n) is 13.7. The Morgan fingerprint density at radius 2 is 2.05 bits per heavy atom. The van der Waals surface area contributed by atoms with E-state index in [1.165, 1.54) is 23.3 Å². The smallest absolute Gasteiger partial charge is 0.378 e. The molecule has 1 saturated carbocycles. The highest BCUT2D eigenvalue weighted by Crippen LogP contribution is 2.38. The molecule has 1 aliphatic carbocycles. The number of nitrogens with zero attached hydrogens (tertiary/aromatic N) is 5. The van der Waals surface area contributed by atoms with Gasteiger partial charge in [0.1, 0.15) is 0 Å². The normalized spacial score (nSPS) is 13.9. The van der Waals surface area contributed by atoms with Crippen LogP contribution in [0, 0.1) is 5.92 Å². The third kappa shape index (κ3) is 6.35. The van der Waals surface area contributed by atoms with Crippen molar-refractivity contribution in [1.82, 2.24) is 29.5 Å². The molecule has 0 spiro atoms. The van der Waals surface area contributed by atoms with Crippen LogP contribution in [-0.2, 0) is 23.9 Å². The number of fused-ring (bicyclic) bond motifs is 1. The van der Waals surface area contributed by atoms with Crippen molar-refractivity contribution in [2.45, 2.75) is 45.3 Å². The van der Waals surface area contributed by atoms with Gasteiger partial charge in [-0.25, -0.2) is 9.97 Å². The van der Waals surface area contributed by atoms with Gasteiger partial charge < -0.3 is 21.1 Å². The van der Waals surface area contributed by atoms with Crippen LogP contribution in [0.5, 0.6) is 0 Å². The van der Waals surface area contributed by atoms with Crippen molar-refractivity contribution in [2.75, 3.05) is 31.6 Å². The van der Waals surface area contributed by atoms with Gasteiger partial charge in [0.25, 0.3) is 5.91 Å². The van der Waals surface area contributed by atoms with Gasteiger partial charge in [0.05, 0.1) is 30.7 Å². The molecule has 0 atom stereocenters. The van der Waals surface area contributed by atoms with Crippen molar-refractivity contribution in [1.29, 1.82) is 0 Å². The van der Waals surface area contributed by atoms with Crippen molar-refractivity contribution in [2.24, 2.45) is 11.7 Å². The summed E-state index contributed by atoms with van der Waals surface area (Å²) in [4.78, 5) is 21.5. The number of imidazole rings is 1. The maximum atomic E-state index is 14.0. The average molecular weight is 571 g/mol. The number of ether oxygens (including phenoxy) is 1. The van der Waals surface area contributed by atoms with Crippen LogP contribution in [-0.4, -0.2) is 56.4 Å². The largest absolute Gasteiger partial charge is 0.435 e. The highest BCUT2D eigenvalue weighted by molar-refractivity contribution is 5.96. The number of nitrogens with two attached hydrogens (primary N) is 1. The van der Waals surface area contributed by atoms with Gasteiger partial charge in [-0.15, -0.1) is 0 Å². The molecule has 1 amide bonds. The molecule has 3 aromatic heterocycles. The molecule has 1 aliphatic rings. The van der Waals surface area contributed by atoms with Crippen LogP contribution >= 0.6 is 0 Å². The summed E-state index contributed by atoms with van der Waals surface area (Å²) in [5.74, 6) is 0.513. The number of hydrogen-bond donors (Lipinski definition) is 3. The summed E-state index contributed by atoms with van der Waals surface area (Å²) in [5.41, 5.74) is 7.10. The van der Waals surface area contributed by atoms with E-state index in [0.717, 1.165) is 24.8 Å². The molecule has 0 bridgehead atoms. The van der Waals surface area contributed by atoms with Crippen LogP contribution in [0.1, 0.15) is 47.8 Å². The number of carbonyl (C=O) groups is 1. The average Bonchev–Trinajstić information content (AvgIpc) is 3.55. The molecule has 4 N–H and O–H groups in total. The van der Waals surface area contributed by atoms with Gasteiger partial charge in [-0.2, -0.15) is 18.3 Å². The third-order valence-corrected chi connectivity index (χ3v) is 7.19. The predicted molar refractivity (Wildman–Crippen MR) is 148 cm³/mol. The summed E-state index contributed by atoms with van der Waals surface area (Å²) in [7, 11) is 0. The van der Waals surface area contributed by atoms with E-state index >= 15 is 0 Å². The number of halogens is 3. The van der Waals surface area contributed by atoms with Crippen molar-refractivity contribution < 1.29 is 22.7 Å². The number of carbonyl (C=O) groups excluding carboxylic acids is 1. The lowest BCUT2D eigenvalue weighted by Crippen LogP contribution is -2.28. The van der Waals surface area contributed by atoms with Gasteiger partial charge >= 0.3 is 6.18 Å². The molecule has 13 heteroatoms. The van der Waals surface area contributed by atoms with E-state index in [2.05, 4.69) is 25.7 Å². The lowest BCUT2D eigenvalue weighted by Gasteiger charge is -2.24. The molecule has 0 radical (unpaired) electrons.